The molecule has 0 atom stereocenters. The molecule has 1 heterocycles. The second-order valence-corrected chi connectivity index (χ2v) is 7.61. The molecule has 2 aromatic rings. The molecule has 0 saturated carbocycles. The number of anilines is 1. The number of hydrogen-bond acceptors (Lipinski definition) is 5. The number of fused-ring (bicyclic) bond motifs is 1. The summed E-state index contributed by atoms with van der Waals surface area (Å²) in [5, 5.41) is 0. The number of hydrogen-bond donors (Lipinski definition) is 1. The monoisotopic (exact) mass is 372 g/mol. The van der Waals surface area contributed by atoms with E-state index >= 15 is 0 Å². The lowest BCUT2D eigenvalue weighted by Gasteiger charge is -2.18. The maximum atomic E-state index is 12.4. The molecule has 7 heteroatoms. The van der Waals surface area contributed by atoms with Gasteiger partial charge in [-0.2, -0.15) is 4.72 Å². The Labute approximate surface area is 153 Å². The summed E-state index contributed by atoms with van der Waals surface area (Å²) in [4.78, 5) is 2.08. The van der Waals surface area contributed by atoms with Gasteiger partial charge in [0.15, 0.2) is 11.5 Å². The first-order valence-electron chi connectivity index (χ1n) is 8.12. The van der Waals surface area contributed by atoms with E-state index in [-0.39, 0.29) is 11.4 Å². The summed E-state index contributed by atoms with van der Waals surface area (Å²) >= 11 is 0. The Morgan fingerprint density at radius 3 is 2.58 bits per heavy atom. The molecule has 1 aliphatic heterocycles. The maximum Gasteiger partial charge on any atom is 0.241 e. The van der Waals surface area contributed by atoms with E-state index in [2.05, 4.69) is 16.6 Å². The van der Waals surface area contributed by atoms with Gasteiger partial charge < -0.3 is 14.4 Å². The molecule has 0 aliphatic carbocycles. The molecule has 26 heavy (non-hydrogen) atoms. The predicted octanol–water partition coefficient (Wildman–Crippen LogP) is 1.85. The summed E-state index contributed by atoms with van der Waals surface area (Å²) in [7, 11) is 0.198. The Balaban J connectivity index is 1.70. The molecule has 1 aliphatic rings. The van der Waals surface area contributed by atoms with Crippen LogP contribution in [0.25, 0.3) is 0 Å². The SMILES string of the molecule is CN(C)c1ccccc1C#CCNS(=O)(=O)c1ccc2c(c1)OCCO2. The van der Waals surface area contributed by atoms with Crippen LogP contribution in [0.2, 0.25) is 0 Å². The highest BCUT2D eigenvalue weighted by Gasteiger charge is 2.18. The summed E-state index contributed by atoms with van der Waals surface area (Å²) in [6, 6.07) is 12.3. The zero-order valence-corrected chi connectivity index (χ0v) is 15.5. The lowest BCUT2D eigenvalue weighted by Crippen LogP contribution is -2.24. The Hall–Kier alpha value is -2.69. The first kappa shape index (κ1) is 18.1. The van der Waals surface area contributed by atoms with Crippen LogP contribution in [0.1, 0.15) is 5.56 Å². The van der Waals surface area contributed by atoms with E-state index in [0.717, 1.165) is 11.3 Å². The third kappa shape index (κ3) is 4.10. The molecule has 6 nitrogen and oxygen atoms in total. The number of para-hydroxylation sites is 1. The zero-order valence-electron chi connectivity index (χ0n) is 14.7. The van der Waals surface area contributed by atoms with Gasteiger partial charge in [-0.3, -0.25) is 0 Å². The van der Waals surface area contributed by atoms with Gasteiger partial charge in [0.2, 0.25) is 10.0 Å². The first-order chi connectivity index (χ1) is 12.5. The number of benzene rings is 2. The highest BCUT2D eigenvalue weighted by atomic mass is 32.2. The number of nitrogens with one attached hydrogen (secondary N) is 1. The van der Waals surface area contributed by atoms with Crippen molar-refractivity contribution in [3.63, 3.8) is 0 Å². The first-order valence-corrected chi connectivity index (χ1v) is 9.60. The number of ether oxygens (including phenoxy) is 2. The van der Waals surface area contributed by atoms with Crippen LogP contribution in [-0.4, -0.2) is 42.3 Å². The van der Waals surface area contributed by atoms with Crippen molar-refractivity contribution in [3.05, 3.63) is 48.0 Å². The lowest BCUT2D eigenvalue weighted by atomic mass is 10.1. The Morgan fingerprint density at radius 1 is 1.08 bits per heavy atom. The van der Waals surface area contributed by atoms with Crippen LogP contribution in [0.15, 0.2) is 47.4 Å². The van der Waals surface area contributed by atoms with Gasteiger partial charge >= 0.3 is 0 Å². The van der Waals surface area contributed by atoms with Gasteiger partial charge in [0.05, 0.1) is 17.1 Å². The molecule has 0 spiro atoms. The van der Waals surface area contributed by atoms with Crippen molar-refractivity contribution < 1.29 is 17.9 Å². The van der Waals surface area contributed by atoms with Crippen LogP contribution in [0.4, 0.5) is 5.69 Å². The summed E-state index contributed by atoms with van der Waals surface area (Å²) in [6.07, 6.45) is 0. The molecule has 0 amide bonds. The topological polar surface area (TPSA) is 67.9 Å². The van der Waals surface area contributed by atoms with Crippen molar-refractivity contribution >= 4 is 15.7 Å². The third-order valence-corrected chi connectivity index (χ3v) is 5.18. The van der Waals surface area contributed by atoms with Crippen molar-refractivity contribution in [3.8, 4) is 23.3 Å². The molecule has 136 valence electrons. The average Bonchev–Trinajstić information content (AvgIpc) is 2.65. The van der Waals surface area contributed by atoms with E-state index in [1.807, 2.05) is 43.3 Å². The minimum absolute atomic E-state index is 0.0124. The van der Waals surface area contributed by atoms with Crippen LogP contribution in [-0.2, 0) is 10.0 Å². The summed E-state index contributed by atoms with van der Waals surface area (Å²) < 4.78 is 38.2. The zero-order chi connectivity index (χ0) is 18.6. The molecule has 0 fully saturated rings. The lowest BCUT2D eigenvalue weighted by molar-refractivity contribution is 0.171. The van der Waals surface area contributed by atoms with Crippen LogP contribution in [0.5, 0.6) is 11.5 Å². The van der Waals surface area contributed by atoms with Crippen LogP contribution >= 0.6 is 0 Å². The molecular formula is C19H20N2O4S. The quantitative estimate of drug-likeness (QED) is 0.830. The van der Waals surface area contributed by atoms with E-state index in [4.69, 9.17) is 9.47 Å². The minimum atomic E-state index is -3.67. The molecule has 3 rings (SSSR count). The van der Waals surface area contributed by atoms with Crippen molar-refractivity contribution in [2.45, 2.75) is 4.90 Å². The van der Waals surface area contributed by atoms with Gasteiger partial charge in [0.25, 0.3) is 0 Å². The van der Waals surface area contributed by atoms with E-state index in [1.165, 1.54) is 12.1 Å². The fourth-order valence-electron chi connectivity index (χ4n) is 2.51. The van der Waals surface area contributed by atoms with Crippen molar-refractivity contribution in [1.29, 1.82) is 0 Å². The third-order valence-electron chi connectivity index (χ3n) is 3.78. The number of nitrogens with zero attached hydrogens (tertiary/aromatic N) is 1. The molecular weight excluding hydrogens is 352 g/mol. The second-order valence-electron chi connectivity index (χ2n) is 5.84. The van der Waals surface area contributed by atoms with E-state index in [1.54, 1.807) is 6.07 Å². The van der Waals surface area contributed by atoms with Crippen LogP contribution in [0.3, 0.4) is 0 Å². The predicted molar refractivity (Wildman–Crippen MR) is 100 cm³/mol. The van der Waals surface area contributed by atoms with Crippen LogP contribution in [0, 0.1) is 11.8 Å². The fourth-order valence-corrected chi connectivity index (χ4v) is 3.45. The van der Waals surface area contributed by atoms with E-state index < -0.39 is 10.0 Å². The Bertz CT molecular complexity index is 959. The highest BCUT2D eigenvalue weighted by molar-refractivity contribution is 7.89. The maximum absolute atomic E-state index is 12.4. The summed E-state index contributed by atoms with van der Waals surface area (Å²) in [5.74, 6) is 6.85. The van der Waals surface area contributed by atoms with Gasteiger partial charge in [-0.25, -0.2) is 8.42 Å². The molecule has 0 bridgehead atoms. The van der Waals surface area contributed by atoms with Gasteiger partial charge in [-0.15, -0.1) is 0 Å². The highest BCUT2D eigenvalue weighted by Crippen LogP contribution is 2.32. The summed E-state index contributed by atoms with van der Waals surface area (Å²) in [6.45, 7) is 0.876. The summed E-state index contributed by atoms with van der Waals surface area (Å²) in [5.41, 5.74) is 1.82. The van der Waals surface area contributed by atoms with Gasteiger partial charge in [-0.05, 0) is 24.3 Å². The standard InChI is InChI=1S/C19H20N2O4S/c1-21(2)17-8-4-3-6-15(17)7-5-11-20-26(22,23)16-9-10-18-19(14-16)25-13-12-24-18/h3-4,6,8-10,14,20H,11-13H2,1-2H3. The molecule has 0 radical (unpaired) electrons. The second kappa shape index (κ2) is 7.68. The molecule has 0 aromatic heterocycles. The van der Waals surface area contributed by atoms with Crippen molar-refractivity contribution in [1.82, 2.24) is 4.72 Å². The van der Waals surface area contributed by atoms with E-state index in [9.17, 15) is 8.42 Å². The van der Waals surface area contributed by atoms with Gasteiger partial charge in [-0.1, -0.05) is 24.0 Å². The smallest absolute Gasteiger partial charge is 0.241 e. The van der Waals surface area contributed by atoms with Gasteiger partial charge in [0, 0.05) is 25.7 Å². The number of rotatable bonds is 4. The molecule has 0 unspecified atom stereocenters. The normalized spacial score (nSPS) is 12.8. The van der Waals surface area contributed by atoms with E-state index in [0.29, 0.717) is 24.7 Å². The van der Waals surface area contributed by atoms with Crippen molar-refractivity contribution in [2.24, 2.45) is 0 Å². The number of sulfonamides is 1. The largest absolute Gasteiger partial charge is 0.486 e. The molecule has 2 aromatic carbocycles. The Kier molecular flexibility index (Phi) is 5.35. The molecule has 1 N–H and O–H groups in total. The Morgan fingerprint density at radius 2 is 1.81 bits per heavy atom. The molecule has 0 saturated heterocycles. The fraction of sp³-hybridized carbons (Fsp3) is 0.263. The van der Waals surface area contributed by atoms with Crippen LogP contribution < -0.4 is 19.1 Å². The van der Waals surface area contributed by atoms with Crippen molar-refractivity contribution in [2.75, 3.05) is 38.8 Å². The van der Waals surface area contributed by atoms with Gasteiger partial charge in [0.1, 0.15) is 13.2 Å². The average molecular weight is 372 g/mol. The minimum Gasteiger partial charge on any atom is -0.486 e.